The van der Waals surface area contributed by atoms with Crippen molar-refractivity contribution >= 4 is 21.9 Å². The van der Waals surface area contributed by atoms with Crippen molar-refractivity contribution in [2.75, 3.05) is 11.3 Å². The van der Waals surface area contributed by atoms with E-state index < -0.39 is 16.2 Å². The number of rotatable bonds is 6. The molecule has 17 heavy (non-hydrogen) atoms. The van der Waals surface area contributed by atoms with Gasteiger partial charge in [-0.3, -0.25) is 4.72 Å². The molecule has 0 radical (unpaired) electrons. The Morgan fingerprint density at radius 2 is 1.88 bits per heavy atom. The van der Waals surface area contributed by atoms with Gasteiger partial charge in [-0.25, -0.2) is 4.79 Å². The quantitative estimate of drug-likeness (QED) is 0.710. The van der Waals surface area contributed by atoms with E-state index in [1.54, 1.807) is 0 Å². The first-order valence-corrected chi connectivity index (χ1v) is 6.53. The maximum Gasteiger partial charge on any atom is 0.335 e. The van der Waals surface area contributed by atoms with Crippen LogP contribution in [-0.2, 0) is 10.2 Å². The summed E-state index contributed by atoms with van der Waals surface area (Å²) in [5, 5.41) is 8.67. The molecule has 94 valence electrons. The molecule has 3 N–H and O–H groups in total. The third kappa shape index (κ3) is 4.41. The molecule has 0 amide bonds. The molecular weight excluding hydrogens is 244 g/mol. The van der Waals surface area contributed by atoms with Crippen LogP contribution in [0.15, 0.2) is 24.3 Å². The molecule has 7 heteroatoms. The maximum atomic E-state index is 11.4. The molecule has 0 saturated heterocycles. The monoisotopic (exact) mass is 258 g/mol. The predicted molar refractivity (Wildman–Crippen MR) is 64.2 cm³/mol. The van der Waals surface area contributed by atoms with Gasteiger partial charge in [0.1, 0.15) is 0 Å². The molecule has 6 nitrogen and oxygen atoms in total. The van der Waals surface area contributed by atoms with Gasteiger partial charge in [0.25, 0.3) is 10.2 Å². The Bertz CT molecular complexity index is 482. The lowest BCUT2D eigenvalue weighted by molar-refractivity contribution is 0.0697. The Labute approximate surface area is 99.8 Å². The molecule has 1 rings (SSSR count). The van der Waals surface area contributed by atoms with Crippen LogP contribution in [0, 0.1) is 0 Å². The number of carboxylic acid groups (broad SMARTS) is 1. The number of nitrogens with one attached hydrogen (secondary N) is 2. The molecule has 0 aliphatic carbocycles. The Balaban J connectivity index is 2.72. The van der Waals surface area contributed by atoms with Crippen LogP contribution >= 0.6 is 0 Å². The van der Waals surface area contributed by atoms with E-state index in [4.69, 9.17) is 5.11 Å². The van der Waals surface area contributed by atoms with Crippen molar-refractivity contribution in [2.24, 2.45) is 0 Å². The molecular formula is C10H14N2O4S. The van der Waals surface area contributed by atoms with E-state index >= 15 is 0 Å². The minimum atomic E-state index is -3.58. The van der Waals surface area contributed by atoms with Gasteiger partial charge in [-0.15, -0.1) is 0 Å². The summed E-state index contributed by atoms with van der Waals surface area (Å²) in [6.07, 6.45) is 0.693. The van der Waals surface area contributed by atoms with Gasteiger partial charge >= 0.3 is 5.97 Å². The van der Waals surface area contributed by atoms with E-state index in [0.717, 1.165) is 0 Å². The third-order valence-electron chi connectivity index (χ3n) is 1.93. The van der Waals surface area contributed by atoms with Crippen LogP contribution in [0.2, 0.25) is 0 Å². The van der Waals surface area contributed by atoms with Crippen LogP contribution in [0.3, 0.4) is 0 Å². The molecule has 0 unspecified atom stereocenters. The van der Waals surface area contributed by atoms with E-state index in [2.05, 4.69) is 9.44 Å². The minimum Gasteiger partial charge on any atom is -0.478 e. The van der Waals surface area contributed by atoms with Gasteiger partial charge < -0.3 is 5.11 Å². The largest absolute Gasteiger partial charge is 0.478 e. The molecule has 0 fully saturated rings. The topological polar surface area (TPSA) is 95.5 Å². The van der Waals surface area contributed by atoms with Gasteiger partial charge in [0.15, 0.2) is 0 Å². The second-order valence-corrected chi connectivity index (χ2v) is 4.88. The van der Waals surface area contributed by atoms with Crippen LogP contribution < -0.4 is 9.44 Å². The summed E-state index contributed by atoms with van der Waals surface area (Å²) in [6, 6.07) is 5.46. The summed E-state index contributed by atoms with van der Waals surface area (Å²) >= 11 is 0. The number of anilines is 1. The number of hydrogen-bond acceptors (Lipinski definition) is 3. The highest BCUT2D eigenvalue weighted by Crippen LogP contribution is 2.10. The predicted octanol–water partition coefficient (Wildman–Crippen LogP) is 1.04. The lowest BCUT2D eigenvalue weighted by Gasteiger charge is -2.08. The van der Waals surface area contributed by atoms with Gasteiger partial charge in [0, 0.05) is 12.2 Å². The molecule has 1 aromatic carbocycles. The molecule has 0 aromatic heterocycles. The fourth-order valence-corrected chi connectivity index (χ4v) is 2.10. The zero-order chi connectivity index (χ0) is 12.9. The second-order valence-electron chi connectivity index (χ2n) is 3.38. The van der Waals surface area contributed by atoms with E-state index in [1.807, 2.05) is 6.92 Å². The minimum absolute atomic E-state index is 0.106. The average molecular weight is 258 g/mol. The lowest BCUT2D eigenvalue weighted by Crippen LogP contribution is -2.30. The molecule has 1 aromatic rings. The first-order valence-electron chi connectivity index (χ1n) is 5.05. The summed E-state index contributed by atoms with van der Waals surface area (Å²) in [6.45, 7) is 2.20. The van der Waals surface area contributed by atoms with Gasteiger partial charge in [0.2, 0.25) is 0 Å². The van der Waals surface area contributed by atoms with Crippen LogP contribution in [0.5, 0.6) is 0 Å². The van der Waals surface area contributed by atoms with Crippen molar-refractivity contribution in [3.05, 3.63) is 29.8 Å². The van der Waals surface area contributed by atoms with E-state index in [1.165, 1.54) is 24.3 Å². The number of carboxylic acids is 1. The van der Waals surface area contributed by atoms with Crippen molar-refractivity contribution in [3.8, 4) is 0 Å². The molecule has 0 bridgehead atoms. The SMILES string of the molecule is CCCNS(=O)(=O)Nc1ccc(C(=O)O)cc1. The number of hydrogen-bond donors (Lipinski definition) is 3. The fraction of sp³-hybridized carbons (Fsp3) is 0.300. The van der Waals surface area contributed by atoms with E-state index in [-0.39, 0.29) is 5.56 Å². The fourth-order valence-electron chi connectivity index (χ4n) is 1.11. The van der Waals surface area contributed by atoms with Crippen LogP contribution in [0.4, 0.5) is 5.69 Å². The van der Waals surface area contributed by atoms with Crippen molar-refractivity contribution in [1.29, 1.82) is 0 Å². The molecule has 0 saturated carbocycles. The molecule has 0 aliphatic rings. The first kappa shape index (κ1) is 13.5. The summed E-state index contributed by atoms with van der Waals surface area (Å²) in [5.74, 6) is -1.05. The van der Waals surface area contributed by atoms with Gasteiger partial charge in [-0.05, 0) is 30.7 Å². The summed E-state index contributed by atoms with van der Waals surface area (Å²) in [4.78, 5) is 10.6. The number of carbonyl (C=O) groups is 1. The Kier molecular flexibility index (Phi) is 4.47. The van der Waals surface area contributed by atoms with E-state index in [9.17, 15) is 13.2 Å². The summed E-state index contributed by atoms with van der Waals surface area (Å²) < 4.78 is 27.5. The Morgan fingerprint density at radius 3 is 2.35 bits per heavy atom. The van der Waals surface area contributed by atoms with Crippen molar-refractivity contribution in [2.45, 2.75) is 13.3 Å². The summed E-state index contributed by atoms with van der Waals surface area (Å²) in [7, 11) is -3.58. The first-order chi connectivity index (χ1) is 7.94. The van der Waals surface area contributed by atoms with Gasteiger partial charge in [-0.2, -0.15) is 13.1 Å². The van der Waals surface area contributed by atoms with Crippen LogP contribution in [0.1, 0.15) is 23.7 Å². The third-order valence-corrected chi connectivity index (χ3v) is 3.01. The van der Waals surface area contributed by atoms with Crippen molar-refractivity contribution in [3.63, 3.8) is 0 Å². The van der Waals surface area contributed by atoms with Gasteiger partial charge in [0.05, 0.1) is 5.56 Å². The van der Waals surface area contributed by atoms with E-state index in [0.29, 0.717) is 18.7 Å². The standard InChI is InChI=1S/C10H14N2O4S/c1-2-7-11-17(15,16)12-9-5-3-8(4-6-9)10(13)14/h3-6,11-12H,2,7H2,1H3,(H,13,14). The number of benzene rings is 1. The van der Waals surface area contributed by atoms with Crippen LogP contribution in [-0.4, -0.2) is 26.0 Å². The highest BCUT2D eigenvalue weighted by atomic mass is 32.2. The lowest BCUT2D eigenvalue weighted by atomic mass is 10.2. The summed E-state index contributed by atoms with van der Waals surface area (Å²) in [5.41, 5.74) is 0.424. The molecule has 0 heterocycles. The molecule has 0 aliphatic heterocycles. The zero-order valence-corrected chi connectivity index (χ0v) is 10.1. The van der Waals surface area contributed by atoms with Crippen molar-refractivity contribution in [1.82, 2.24) is 4.72 Å². The van der Waals surface area contributed by atoms with Crippen molar-refractivity contribution < 1.29 is 18.3 Å². The highest BCUT2D eigenvalue weighted by molar-refractivity contribution is 7.90. The second kappa shape index (κ2) is 5.65. The zero-order valence-electron chi connectivity index (χ0n) is 9.30. The smallest absolute Gasteiger partial charge is 0.335 e. The Hall–Kier alpha value is -1.60. The molecule has 0 spiro atoms. The molecule has 0 atom stereocenters. The van der Waals surface area contributed by atoms with Gasteiger partial charge in [-0.1, -0.05) is 6.92 Å². The van der Waals surface area contributed by atoms with Crippen LogP contribution in [0.25, 0.3) is 0 Å². The normalized spacial score (nSPS) is 11.1. The Morgan fingerprint density at radius 1 is 1.29 bits per heavy atom. The highest BCUT2D eigenvalue weighted by Gasteiger charge is 2.09. The average Bonchev–Trinajstić information content (AvgIpc) is 2.26. The number of aromatic carboxylic acids is 1. The maximum absolute atomic E-state index is 11.4.